The monoisotopic (exact) mass is 499 g/mol. The van der Waals surface area contributed by atoms with Crippen molar-refractivity contribution in [2.24, 2.45) is 5.41 Å². The van der Waals surface area contributed by atoms with Crippen LogP contribution in [0.3, 0.4) is 0 Å². The van der Waals surface area contributed by atoms with Gasteiger partial charge >= 0.3 is 0 Å². The minimum Gasteiger partial charge on any atom is -0.496 e. The molecule has 0 atom stereocenters. The van der Waals surface area contributed by atoms with Crippen LogP contribution in [0.1, 0.15) is 53.1 Å². The molecule has 2 fully saturated rings. The van der Waals surface area contributed by atoms with E-state index in [1.165, 1.54) is 19.2 Å². The molecule has 3 aromatic rings. The largest absolute Gasteiger partial charge is 0.496 e. The average Bonchev–Trinajstić information content (AvgIpc) is 2.90. The highest BCUT2D eigenvalue weighted by atomic mass is 19.1. The maximum absolute atomic E-state index is 13.5. The summed E-state index contributed by atoms with van der Waals surface area (Å²) in [6, 6.07) is 19.1. The number of carbonyl (C=O) groups excluding carboxylic acids is 3. The highest BCUT2D eigenvalue weighted by Gasteiger charge is 2.48. The smallest absolute Gasteiger partial charge is 0.253 e. The van der Waals surface area contributed by atoms with Gasteiger partial charge in [0.15, 0.2) is 0 Å². The van der Waals surface area contributed by atoms with E-state index in [-0.39, 0.29) is 23.3 Å². The van der Waals surface area contributed by atoms with Crippen LogP contribution < -0.4 is 4.74 Å². The molecule has 5 rings (SSSR count). The second-order valence-corrected chi connectivity index (χ2v) is 10.3. The topological polar surface area (TPSA) is 63.7 Å². The van der Waals surface area contributed by atoms with Gasteiger partial charge < -0.3 is 9.64 Å². The highest BCUT2D eigenvalue weighted by molar-refractivity contribution is 6.11. The second-order valence-electron chi connectivity index (χ2n) is 10.3. The Kier molecular flexibility index (Phi) is 6.67. The molecule has 0 radical (unpaired) electrons. The summed E-state index contributed by atoms with van der Waals surface area (Å²) in [6.07, 6.45) is 1.91. The van der Waals surface area contributed by atoms with Crippen molar-refractivity contribution in [1.82, 2.24) is 4.90 Å². The van der Waals surface area contributed by atoms with Gasteiger partial charge in [-0.2, -0.15) is 0 Å². The van der Waals surface area contributed by atoms with Crippen molar-refractivity contribution < 1.29 is 23.5 Å². The quantitative estimate of drug-likeness (QED) is 0.429. The number of likely N-dealkylation sites (tertiary alicyclic amines) is 1. The molecule has 0 N–H and O–H groups in total. The third-order valence-electron chi connectivity index (χ3n) is 7.91. The normalized spacial score (nSPS) is 17.8. The molecular weight excluding hydrogens is 469 g/mol. The van der Waals surface area contributed by atoms with Crippen LogP contribution in [0, 0.1) is 18.2 Å². The van der Waals surface area contributed by atoms with Crippen molar-refractivity contribution in [1.29, 1.82) is 0 Å². The Bertz CT molecular complexity index is 1320. The Morgan fingerprint density at radius 2 is 1.54 bits per heavy atom. The standard InChI is InChI=1S/C31H30FNO4/c1-20-16-23(21-8-10-24(32)11-9-21)17-27(37-2)28(20)29-25(34)18-31(19-26(29)35)12-14-33(15-13-31)30(36)22-6-4-3-5-7-22/h3-11,16-17,29H,12-15,18-19H2,1-2H3. The molecular formula is C31H30FNO4. The lowest BCUT2D eigenvalue weighted by Crippen LogP contribution is -2.48. The molecule has 0 aromatic heterocycles. The van der Waals surface area contributed by atoms with E-state index < -0.39 is 11.3 Å². The number of aryl methyl sites for hydroxylation is 1. The number of carbonyl (C=O) groups is 3. The number of hydrogen-bond donors (Lipinski definition) is 0. The van der Waals surface area contributed by atoms with Crippen LogP contribution in [0.4, 0.5) is 4.39 Å². The van der Waals surface area contributed by atoms with Crippen molar-refractivity contribution >= 4 is 17.5 Å². The molecule has 1 heterocycles. The lowest BCUT2D eigenvalue weighted by Gasteiger charge is -2.44. The summed E-state index contributed by atoms with van der Waals surface area (Å²) in [5, 5.41) is 0. The van der Waals surface area contributed by atoms with Crippen molar-refractivity contribution in [3.8, 4) is 16.9 Å². The highest BCUT2D eigenvalue weighted by Crippen LogP contribution is 2.48. The molecule has 1 saturated heterocycles. The van der Waals surface area contributed by atoms with Gasteiger partial charge in [0.2, 0.25) is 0 Å². The number of benzene rings is 3. The van der Waals surface area contributed by atoms with Gasteiger partial charge in [0.25, 0.3) is 5.91 Å². The number of halogens is 1. The zero-order valence-corrected chi connectivity index (χ0v) is 21.1. The van der Waals surface area contributed by atoms with E-state index in [0.717, 1.165) is 16.7 Å². The third kappa shape index (κ3) is 4.80. The van der Waals surface area contributed by atoms with E-state index in [9.17, 15) is 18.8 Å². The minimum atomic E-state index is -0.855. The molecule has 3 aromatic carbocycles. The molecule has 190 valence electrons. The first-order chi connectivity index (χ1) is 17.8. The van der Waals surface area contributed by atoms with Crippen molar-refractivity contribution in [3.05, 3.63) is 89.2 Å². The zero-order chi connectivity index (χ0) is 26.2. The number of hydrogen-bond acceptors (Lipinski definition) is 4. The SMILES string of the molecule is COc1cc(-c2ccc(F)cc2)cc(C)c1C1C(=O)CC2(CCN(C(=O)c3ccccc3)CC2)CC1=O. The van der Waals surface area contributed by atoms with Crippen LogP contribution in [0.15, 0.2) is 66.7 Å². The Labute approximate surface area is 216 Å². The number of rotatable bonds is 4. The number of Topliss-reactive ketones (excluding diaryl/α,β-unsaturated/α-hetero) is 2. The van der Waals surface area contributed by atoms with Gasteiger partial charge in [0, 0.05) is 37.1 Å². The number of ether oxygens (including phenoxy) is 1. The van der Waals surface area contributed by atoms with E-state index in [2.05, 4.69) is 0 Å². The number of amides is 1. The van der Waals surface area contributed by atoms with Gasteiger partial charge in [0.05, 0.1) is 7.11 Å². The van der Waals surface area contributed by atoms with Crippen molar-refractivity contribution in [2.45, 2.75) is 38.5 Å². The maximum Gasteiger partial charge on any atom is 0.253 e. The fourth-order valence-electron chi connectivity index (χ4n) is 5.92. The summed E-state index contributed by atoms with van der Waals surface area (Å²) in [5.41, 5.74) is 3.33. The lowest BCUT2D eigenvalue weighted by molar-refractivity contribution is -0.138. The Morgan fingerprint density at radius 1 is 0.919 bits per heavy atom. The van der Waals surface area contributed by atoms with E-state index >= 15 is 0 Å². The summed E-state index contributed by atoms with van der Waals surface area (Å²) < 4.78 is 19.0. The third-order valence-corrected chi connectivity index (χ3v) is 7.91. The first-order valence-electron chi connectivity index (χ1n) is 12.6. The molecule has 6 heteroatoms. The van der Waals surface area contributed by atoms with Crippen molar-refractivity contribution in [2.75, 3.05) is 20.2 Å². The molecule has 5 nitrogen and oxygen atoms in total. The van der Waals surface area contributed by atoms with E-state index in [4.69, 9.17) is 4.74 Å². The zero-order valence-electron chi connectivity index (χ0n) is 21.1. The summed E-state index contributed by atoms with van der Waals surface area (Å²) in [6.45, 7) is 2.95. The van der Waals surface area contributed by atoms with Gasteiger partial charge in [-0.1, -0.05) is 36.4 Å². The van der Waals surface area contributed by atoms with E-state index in [1.807, 2.05) is 54.3 Å². The van der Waals surface area contributed by atoms with Crippen LogP contribution in [0.2, 0.25) is 0 Å². The van der Waals surface area contributed by atoms with Crippen LogP contribution in [0.5, 0.6) is 5.75 Å². The van der Waals surface area contributed by atoms with Crippen LogP contribution in [-0.2, 0) is 9.59 Å². The summed E-state index contributed by atoms with van der Waals surface area (Å²) >= 11 is 0. The number of nitrogens with zero attached hydrogens (tertiary/aromatic N) is 1. The molecule has 1 amide bonds. The summed E-state index contributed by atoms with van der Waals surface area (Å²) in [4.78, 5) is 41.7. The fraction of sp³-hybridized carbons (Fsp3) is 0.323. The Balaban J connectivity index is 1.35. The predicted octanol–water partition coefficient (Wildman–Crippen LogP) is 5.75. The summed E-state index contributed by atoms with van der Waals surface area (Å²) in [7, 11) is 1.53. The molecule has 2 aliphatic rings. The van der Waals surface area contributed by atoms with Crippen LogP contribution in [-0.4, -0.2) is 42.6 Å². The summed E-state index contributed by atoms with van der Waals surface area (Å²) in [5.74, 6) is -0.864. The maximum atomic E-state index is 13.5. The van der Waals surface area contributed by atoms with Crippen LogP contribution >= 0.6 is 0 Å². The van der Waals surface area contributed by atoms with E-state index in [0.29, 0.717) is 55.6 Å². The molecule has 0 unspecified atom stereocenters. The molecule has 0 bridgehead atoms. The van der Waals surface area contributed by atoms with Gasteiger partial charge in [-0.05, 0) is 72.2 Å². The first-order valence-corrected chi connectivity index (χ1v) is 12.6. The molecule has 37 heavy (non-hydrogen) atoms. The molecule has 1 spiro atoms. The molecule has 1 aliphatic carbocycles. The lowest BCUT2D eigenvalue weighted by atomic mass is 9.63. The second kappa shape index (κ2) is 9.92. The van der Waals surface area contributed by atoms with E-state index in [1.54, 1.807) is 12.1 Å². The Morgan fingerprint density at radius 3 is 2.14 bits per heavy atom. The predicted molar refractivity (Wildman–Crippen MR) is 139 cm³/mol. The fourth-order valence-corrected chi connectivity index (χ4v) is 5.92. The molecule has 1 saturated carbocycles. The number of piperidine rings is 1. The van der Waals surface area contributed by atoms with Crippen molar-refractivity contribution in [3.63, 3.8) is 0 Å². The van der Waals surface area contributed by atoms with Gasteiger partial charge in [-0.3, -0.25) is 14.4 Å². The Hall–Kier alpha value is -3.80. The molecule has 1 aliphatic heterocycles. The first kappa shape index (κ1) is 24.9. The van der Waals surface area contributed by atoms with Gasteiger partial charge in [0.1, 0.15) is 29.1 Å². The number of methoxy groups -OCH3 is 1. The number of ketones is 2. The van der Waals surface area contributed by atoms with Gasteiger partial charge in [-0.15, -0.1) is 0 Å². The minimum absolute atomic E-state index is 0.0107. The average molecular weight is 500 g/mol. The van der Waals surface area contributed by atoms with Crippen LogP contribution in [0.25, 0.3) is 11.1 Å². The van der Waals surface area contributed by atoms with Gasteiger partial charge in [-0.25, -0.2) is 4.39 Å².